The second-order valence-electron chi connectivity index (χ2n) is 5.21. The SMILES string of the molecule is COC(=O)C=Cc1ccc(NC(=O)C=Cc2ccc(C)cc2)cc1. The van der Waals surface area contributed by atoms with Gasteiger partial charge in [0.1, 0.15) is 0 Å². The maximum atomic E-state index is 11.9. The zero-order chi connectivity index (χ0) is 17.4. The van der Waals surface area contributed by atoms with E-state index in [1.165, 1.54) is 24.8 Å². The highest BCUT2D eigenvalue weighted by molar-refractivity contribution is 6.02. The van der Waals surface area contributed by atoms with Gasteiger partial charge in [-0.15, -0.1) is 0 Å². The number of amides is 1. The summed E-state index contributed by atoms with van der Waals surface area (Å²) in [5, 5.41) is 2.79. The van der Waals surface area contributed by atoms with Gasteiger partial charge in [0.15, 0.2) is 0 Å². The molecule has 0 aliphatic heterocycles. The van der Waals surface area contributed by atoms with Gasteiger partial charge in [-0.3, -0.25) is 4.79 Å². The number of anilines is 1. The van der Waals surface area contributed by atoms with Crippen molar-refractivity contribution < 1.29 is 14.3 Å². The molecule has 122 valence electrons. The van der Waals surface area contributed by atoms with Crippen molar-refractivity contribution in [1.29, 1.82) is 0 Å². The maximum Gasteiger partial charge on any atom is 0.330 e. The van der Waals surface area contributed by atoms with Crippen LogP contribution in [0.3, 0.4) is 0 Å². The van der Waals surface area contributed by atoms with Crippen molar-refractivity contribution in [2.24, 2.45) is 0 Å². The van der Waals surface area contributed by atoms with Gasteiger partial charge in [-0.05, 0) is 42.3 Å². The quantitative estimate of drug-likeness (QED) is 0.672. The maximum absolute atomic E-state index is 11.9. The summed E-state index contributed by atoms with van der Waals surface area (Å²) in [5.74, 6) is -0.609. The van der Waals surface area contributed by atoms with E-state index in [0.717, 1.165) is 11.1 Å². The van der Waals surface area contributed by atoms with E-state index in [1.54, 1.807) is 36.4 Å². The fraction of sp³-hybridized carbons (Fsp3) is 0.100. The number of esters is 1. The van der Waals surface area contributed by atoms with Gasteiger partial charge in [0.25, 0.3) is 0 Å². The molecule has 24 heavy (non-hydrogen) atoms. The number of hydrogen-bond donors (Lipinski definition) is 1. The molecule has 0 atom stereocenters. The summed E-state index contributed by atoms with van der Waals surface area (Å²) in [6.45, 7) is 2.02. The monoisotopic (exact) mass is 321 g/mol. The van der Waals surface area contributed by atoms with E-state index in [4.69, 9.17) is 0 Å². The molecule has 0 heterocycles. The third-order valence-corrected chi connectivity index (χ3v) is 3.30. The topological polar surface area (TPSA) is 55.4 Å². The number of ether oxygens (including phenoxy) is 1. The fourth-order valence-corrected chi connectivity index (χ4v) is 1.94. The molecule has 0 fully saturated rings. The highest BCUT2D eigenvalue weighted by Gasteiger charge is 1.98. The van der Waals surface area contributed by atoms with Gasteiger partial charge in [-0.25, -0.2) is 4.79 Å². The first kappa shape index (κ1) is 17.2. The van der Waals surface area contributed by atoms with Crippen LogP contribution in [0, 0.1) is 6.92 Å². The Hall–Kier alpha value is -3.14. The normalized spacial score (nSPS) is 10.9. The van der Waals surface area contributed by atoms with Crippen LogP contribution >= 0.6 is 0 Å². The number of carbonyl (C=O) groups is 2. The Balaban J connectivity index is 1.93. The van der Waals surface area contributed by atoms with Crippen LogP contribution in [-0.2, 0) is 14.3 Å². The molecule has 1 amide bonds. The highest BCUT2D eigenvalue weighted by Crippen LogP contribution is 2.11. The predicted molar refractivity (Wildman–Crippen MR) is 96.3 cm³/mol. The third-order valence-electron chi connectivity index (χ3n) is 3.30. The number of aryl methyl sites for hydroxylation is 1. The Kier molecular flexibility index (Phi) is 6.08. The van der Waals surface area contributed by atoms with Gasteiger partial charge in [0.05, 0.1) is 7.11 Å². The molecular formula is C20H19NO3. The number of benzene rings is 2. The van der Waals surface area contributed by atoms with Crippen LogP contribution in [0.5, 0.6) is 0 Å². The Labute approximate surface area is 141 Å². The average molecular weight is 321 g/mol. The van der Waals surface area contributed by atoms with E-state index >= 15 is 0 Å². The third kappa shape index (κ3) is 5.57. The molecule has 0 spiro atoms. The lowest BCUT2D eigenvalue weighted by molar-refractivity contribution is -0.134. The number of carbonyl (C=O) groups excluding carboxylic acids is 2. The van der Waals surface area contributed by atoms with Gasteiger partial charge in [0.2, 0.25) is 5.91 Å². The first-order valence-corrected chi connectivity index (χ1v) is 7.48. The summed E-state index contributed by atoms with van der Waals surface area (Å²) >= 11 is 0. The van der Waals surface area contributed by atoms with Crippen molar-refractivity contribution in [1.82, 2.24) is 0 Å². The second-order valence-corrected chi connectivity index (χ2v) is 5.21. The lowest BCUT2D eigenvalue weighted by Crippen LogP contribution is -2.07. The first-order valence-electron chi connectivity index (χ1n) is 7.48. The molecular weight excluding hydrogens is 302 g/mol. The van der Waals surface area contributed by atoms with E-state index in [1.807, 2.05) is 31.2 Å². The zero-order valence-corrected chi connectivity index (χ0v) is 13.7. The summed E-state index contributed by atoms with van der Waals surface area (Å²) in [7, 11) is 1.33. The van der Waals surface area contributed by atoms with Crippen molar-refractivity contribution in [3.8, 4) is 0 Å². The minimum Gasteiger partial charge on any atom is -0.466 e. The molecule has 0 aliphatic rings. The van der Waals surface area contributed by atoms with Crippen molar-refractivity contribution in [3.63, 3.8) is 0 Å². The van der Waals surface area contributed by atoms with Crippen molar-refractivity contribution in [2.75, 3.05) is 12.4 Å². The Morgan fingerprint density at radius 2 is 1.42 bits per heavy atom. The molecule has 2 aromatic carbocycles. The lowest BCUT2D eigenvalue weighted by atomic mass is 10.1. The van der Waals surface area contributed by atoms with E-state index in [2.05, 4.69) is 10.1 Å². The Morgan fingerprint density at radius 3 is 2.00 bits per heavy atom. The Morgan fingerprint density at radius 1 is 0.875 bits per heavy atom. The van der Waals surface area contributed by atoms with Gasteiger partial charge >= 0.3 is 5.97 Å². The number of rotatable bonds is 5. The van der Waals surface area contributed by atoms with E-state index in [-0.39, 0.29) is 5.91 Å². The predicted octanol–water partition coefficient (Wildman–Crippen LogP) is 3.83. The van der Waals surface area contributed by atoms with Gasteiger partial charge < -0.3 is 10.1 Å². The van der Waals surface area contributed by atoms with E-state index in [0.29, 0.717) is 5.69 Å². The molecule has 0 saturated heterocycles. The van der Waals surface area contributed by atoms with Crippen LogP contribution in [-0.4, -0.2) is 19.0 Å². The number of nitrogens with one attached hydrogen (secondary N) is 1. The molecule has 2 rings (SSSR count). The minimum absolute atomic E-state index is 0.201. The molecule has 0 aliphatic carbocycles. The minimum atomic E-state index is -0.409. The molecule has 4 heteroatoms. The molecule has 0 saturated carbocycles. The van der Waals surface area contributed by atoms with E-state index < -0.39 is 5.97 Å². The van der Waals surface area contributed by atoms with Crippen molar-refractivity contribution >= 4 is 29.7 Å². The summed E-state index contributed by atoms with van der Waals surface area (Å²) in [5.41, 5.74) is 3.68. The molecule has 4 nitrogen and oxygen atoms in total. The van der Waals surface area contributed by atoms with Crippen LogP contribution in [0.4, 0.5) is 5.69 Å². The average Bonchev–Trinajstić information content (AvgIpc) is 2.60. The van der Waals surface area contributed by atoms with Crippen molar-refractivity contribution in [3.05, 3.63) is 77.4 Å². The standard InChI is InChI=1S/C20H19NO3/c1-15-3-5-16(6-4-15)9-13-19(22)21-18-11-7-17(8-12-18)10-14-20(23)24-2/h3-14H,1-2H3,(H,21,22). The first-order chi connectivity index (χ1) is 11.6. The van der Waals surface area contributed by atoms with Crippen LogP contribution in [0.1, 0.15) is 16.7 Å². The van der Waals surface area contributed by atoms with Gasteiger partial charge in [0, 0.05) is 17.8 Å². The summed E-state index contributed by atoms with van der Waals surface area (Å²) < 4.78 is 4.53. The van der Waals surface area contributed by atoms with Crippen molar-refractivity contribution in [2.45, 2.75) is 6.92 Å². The summed E-state index contributed by atoms with van der Waals surface area (Å²) in [4.78, 5) is 22.9. The molecule has 2 aromatic rings. The summed E-state index contributed by atoms with van der Waals surface area (Å²) in [6, 6.07) is 15.1. The van der Waals surface area contributed by atoms with Gasteiger partial charge in [-0.2, -0.15) is 0 Å². The number of hydrogen-bond acceptors (Lipinski definition) is 3. The molecule has 0 bridgehead atoms. The zero-order valence-electron chi connectivity index (χ0n) is 13.7. The smallest absolute Gasteiger partial charge is 0.330 e. The fourth-order valence-electron chi connectivity index (χ4n) is 1.94. The molecule has 0 unspecified atom stereocenters. The van der Waals surface area contributed by atoms with Crippen LogP contribution in [0.2, 0.25) is 0 Å². The number of methoxy groups -OCH3 is 1. The van der Waals surface area contributed by atoms with Crippen LogP contribution < -0.4 is 5.32 Å². The van der Waals surface area contributed by atoms with Gasteiger partial charge in [-0.1, -0.05) is 42.0 Å². The lowest BCUT2D eigenvalue weighted by Gasteiger charge is -2.02. The second kappa shape index (κ2) is 8.48. The van der Waals surface area contributed by atoms with Crippen LogP contribution in [0.15, 0.2) is 60.7 Å². The Bertz CT molecular complexity index is 756. The molecule has 0 aromatic heterocycles. The van der Waals surface area contributed by atoms with Crippen LogP contribution in [0.25, 0.3) is 12.2 Å². The molecule has 1 N–H and O–H groups in total. The largest absolute Gasteiger partial charge is 0.466 e. The molecule has 0 radical (unpaired) electrons. The summed E-state index contributed by atoms with van der Waals surface area (Å²) in [6.07, 6.45) is 6.25. The van der Waals surface area contributed by atoms with E-state index in [9.17, 15) is 9.59 Å². The highest BCUT2D eigenvalue weighted by atomic mass is 16.5.